The van der Waals surface area contributed by atoms with Crippen molar-refractivity contribution in [3.8, 4) is 0 Å². The lowest BCUT2D eigenvalue weighted by Gasteiger charge is -2.17. The Kier molecular flexibility index (Phi) is 3.54. The van der Waals surface area contributed by atoms with E-state index in [-0.39, 0.29) is 5.91 Å². The first-order valence-corrected chi connectivity index (χ1v) is 6.78. The Balaban J connectivity index is 2.09. The third-order valence-electron chi connectivity index (χ3n) is 3.27. The van der Waals surface area contributed by atoms with Crippen molar-refractivity contribution in [3.63, 3.8) is 0 Å². The molecule has 3 aromatic rings. The zero-order valence-electron chi connectivity index (χ0n) is 11.3. The predicted molar refractivity (Wildman–Crippen MR) is 83.7 cm³/mol. The van der Waals surface area contributed by atoms with Crippen molar-refractivity contribution >= 4 is 34.1 Å². The molecule has 0 radical (unpaired) electrons. The van der Waals surface area contributed by atoms with Crippen molar-refractivity contribution < 1.29 is 4.79 Å². The summed E-state index contributed by atoms with van der Waals surface area (Å²) in [6.07, 6.45) is 3.16. The van der Waals surface area contributed by atoms with Crippen molar-refractivity contribution in [2.45, 2.75) is 0 Å². The Morgan fingerprint density at radius 2 is 1.76 bits per heavy atom. The summed E-state index contributed by atoms with van der Waals surface area (Å²) in [5.41, 5.74) is 0.503. The minimum atomic E-state index is -0.172. The van der Waals surface area contributed by atoms with Gasteiger partial charge in [0, 0.05) is 24.8 Å². The van der Waals surface area contributed by atoms with E-state index in [4.69, 9.17) is 11.6 Å². The summed E-state index contributed by atoms with van der Waals surface area (Å²) in [5, 5.41) is 1.94. The highest BCUT2D eigenvalue weighted by molar-refractivity contribution is 6.35. The molecule has 4 nitrogen and oxygen atoms in total. The summed E-state index contributed by atoms with van der Waals surface area (Å²) in [4.78, 5) is 22.5. The maximum absolute atomic E-state index is 12.7. The van der Waals surface area contributed by atoms with Crippen molar-refractivity contribution in [2.24, 2.45) is 0 Å². The van der Waals surface area contributed by atoms with Crippen LogP contribution in [0.3, 0.4) is 0 Å². The van der Waals surface area contributed by atoms with E-state index >= 15 is 0 Å². The van der Waals surface area contributed by atoms with Gasteiger partial charge in [-0.25, -0.2) is 9.97 Å². The third-order valence-corrected chi connectivity index (χ3v) is 3.58. The van der Waals surface area contributed by atoms with Crippen LogP contribution in [0.2, 0.25) is 5.15 Å². The number of carbonyl (C=O) groups is 1. The first kappa shape index (κ1) is 13.5. The quantitative estimate of drug-likeness (QED) is 0.679. The molecule has 0 aliphatic rings. The van der Waals surface area contributed by atoms with Gasteiger partial charge in [-0.15, -0.1) is 0 Å². The van der Waals surface area contributed by atoms with Gasteiger partial charge in [0.25, 0.3) is 5.91 Å². The van der Waals surface area contributed by atoms with E-state index < -0.39 is 0 Å². The molecule has 0 aliphatic carbocycles. The highest BCUT2D eigenvalue weighted by Crippen LogP contribution is 2.25. The summed E-state index contributed by atoms with van der Waals surface area (Å²) >= 11 is 6.08. The second-order valence-electron chi connectivity index (χ2n) is 4.56. The molecule has 0 bridgehead atoms. The van der Waals surface area contributed by atoms with Crippen LogP contribution in [0.5, 0.6) is 0 Å². The number of amides is 1. The zero-order valence-corrected chi connectivity index (χ0v) is 12.1. The van der Waals surface area contributed by atoms with Gasteiger partial charge < -0.3 is 0 Å². The molecule has 1 amide bonds. The van der Waals surface area contributed by atoms with E-state index in [2.05, 4.69) is 9.97 Å². The number of nitrogens with zero attached hydrogens (tertiary/aromatic N) is 3. The minimum absolute atomic E-state index is 0.172. The van der Waals surface area contributed by atoms with E-state index in [1.807, 2.05) is 30.3 Å². The number of fused-ring (bicyclic) bond motifs is 1. The van der Waals surface area contributed by atoms with Gasteiger partial charge in [0.2, 0.25) is 0 Å². The highest BCUT2D eigenvalue weighted by atomic mass is 35.5. The summed E-state index contributed by atoms with van der Waals surface area (Å²) < 4.78 is 0. The number of carbonyl (C=O) groups excluding carboxylic acids is 1. The number of aromatic nitrogens is 2. The number of benzene rings is 1. The fourth-order valence-electron chi connectivity index (χ4n) is 2.17. The lowest BCUT2D eigenvalue weighted by Crippen LogP contribution is -2.27. The van der Waals surface area contributed by atoms with E-state index in [9.17, 15) is 4.79 Å². The summed E-state index contributed by atoms with van der Waals surface area (Å²) in [7, 11) is 1.69. The molecule has 0 aliphatic heterocycles. The minimum Gasteiger partial charge on any atom is -0.296 e. The second-order valence-corrected chi connectivity index (χ2v) is 4.92. The van der Waals surface area contributed by atoms with E-state index in [1.165, 1.54) is 11.1 Å². The van der Waals surface area contributed by atoms with Crippen LogP contribution in [0, 0.1) is 0 Å². The summed E-state index contributed by atoms with van der Waals surface area (Å²) in [5.74, 6) is 0.413. The molecule has 0 saturated carbocycles. The van der Waals surface area contributed by atoms with Gasteiger partial charge in [-0.2, -0.15) is 0 Å². The van der Waals surface area contributed by atoms with Crippen molar-refractivity contribution in [3.05, 3.63) is 65.6 Å². The SMILES string of the molecule is CN(C(=O)c1cnc(Cl)c2ccccc12)c1ccccn1. The van der Waals surface area contributed by atoms with E-state index in [0.29, 0.717) is 16.5 Å². The molecule has 0 atom stereocenters. The number of hydrogen-bond donors (Lipinski definition) is 0. The van der Waals surface area contributed by atoms with Crippen LogP contribution in [0.15, 0.2) is 54.9 Å². The normalized spacial score (nSPS) is 10.6. The number of halogens is 1. The molecule has 0 N–H and O–H groups in total. The Hall–Kier alpha value is -2.46. The van der Waals surface area contributed by atoms with Crippen LogP contribution in [0.25, 0.3) is 10.8 Å². The molecule has 0 spiro atoms. The largest absolute Gasteiger partial charge is 0.296 e. The maximum Gasteiger partial charge on any atom is 0.261 e. The Morgan fingerprint density at radius 3 is 2.48 bits per heavy atom. The lowest BCUT2D eigenvalue weighted by atomic mass is 10.1. The molecule has 5 heteroatoms. The molecule has 21 heavy (non-hydrogen) atoms. The van der Waals surface area contributed by atoms with Gasteiger partial charge in [0.15, 0.2) is 0 Å². The lowest BCUT2D eigenvalue weighted by molar-refractivity contribution is 0.0993. The average molecular weight is 298 g/mol. The molecular weight excluding hydrogens is 286 g/mol. The van der Waals surface area contributed by atoms with Crippen LogP contribution in [-0.2, 0) is 0 Å². The Morgan fingerprint density at radius 1 is 1.05 bits per heavy atom. The Bertz CT molecular complexity index is 805. The average Bonchev–Trinajstić information content (AvgIpc) is 2.55. The molecular formula is C16H12ClN3O. The van der Waals surface area contributed by atoms with Crippen LogP contribution in [0.4, 0.5) is 5.82 Å². The molecule has 104 valence electrons. The van der Waals surface area contributed by atoms with Crippen LogP contribution in [-0.4, -0.2) is 22.9 Å². The van der Waals surface area contributed by atoms with E-state index in [0.717, 1.165) is 10.8 Å². The van der Waals surface area contributed by atoms with Gasteiger partial charge in [-0.05, 0) is 17.5 Å². The maximum atomic E-state index is 12.7. The topological polar surface area (TPSA) is 46.1 Å². The molecule has 0 unspecified atom stereocenters. The van der Waals surface area contributed by atoms with Crippen molar-refractivity contribution in [1.29, 1.82) is 0 Å². The van der Waals surface area contributed by atoms with Gasteiger partial charge in [-0.1, -0.05) is 41.9 Å². The number of hydrogen-bond acceptors (Lipinski definition) is 3. The van der Waals surface area contributed by atoms with Gasteiger partial charge in [0.05, 0.1) is 5.56 Å². The molecule has 2 heterocycles. The summed E-state index contributed by atoms with van der Waals surface area (Å²) in [6, 6.07) is 12.9. The van der Waals surface area contributed by atoms with E-state index in [1.54, 1.807) is 25.4 Å². The van der Waals surface area contributed by atoms with Crippen LogP contribution in [0.1, 0.15) is 10.4 Å². The van der Waals surface area contributed by atoms with Crippen LogP contribution >= 0.6 is 11.6 Å². The third kappa shape index (κ3) is 2.45. The first-order chi connectivity index (χ1) is 10.2. The zero-order chi connectivity index (χ0) is 14.8. The molecule has 2 aromatic heterocycles. The first-order valence-electron chi connectivity index (χ1n) is 6.41. The van der Waals surface area contributed by atoms with Crippen LogP contribution < -0.4 is 4.90 Å². The number of rotatable bonds is 2. The van der Waals surface area contributed by atoms with Gasteiger partial charge in [-0.3, -0.25) is 9.69 Å². The number of anilines is 1. The standard InChI is InChI=1S/C16H12ClN3O/c1-20(14-8-4-5-9-18-14)16(21)13-10-19-15(17)12-7-3-2-6-11(12)13/h2-10H,1H3. The predicted octanol–water partition coefficient (Wildman–Crippen LogP) is 3.56. The fraction of sp³-hybridized carbons (Fsp3) is 0.0625. The van der Waals surface area contributed by atoms with Gasteiger partial charge in [0.1, 0.15) is 11.0 Å². The highest BCUT2D eigenvalue weighted by Gasteiger charge is 2.18. The molecule has 0 saturated heterocycles. The monoisotopic (exact) mass is 297 g/mol. The molecule has 0 fully saturated rings. The smallest absolute Gasteiger partial charge is 0.261 e. The summed E-state index contributed by atoms with van der Waals surface area (Å²) in [6.45, 7) is 0. The van der Waals surface area contributed by atoms with Crippen molar-refractivity contribution in [2.75, 3.05) is 11.9 Å². The second kappa shape index (κ2) is 5.50. The molecule has 3 rings (SSSR count). The molecule has 1 aromatic carbocycles. The number of pyridine rings is 2. The van der Waals surface area contributed by atoms with Crippen molar-refractivity contribution in [1.82, 2.24) is 9.97 Å². The van der Waals surface area contributed by atoms with Gasteiger partial charge >= 0.3 is 0 Å². The fourth-order valence-corrected chi connectivity index (χ4v) is 2.38. The Labute approximate surface area is 127 Å².